The normalized spacial score (nSPS) is 18.0. The topological polar surface area (TPSA) is 73.0 Å². The van der Waals surface area contributed by atoms with Crippen molar-refractivity contribution < 1.29 is 0 Å². The number of hydrogen-bond donors (Lipinski definition) is 2. The Morgan fingerprint density at radius 2 is 2.00 bits per heavy atom. The quantitative estimate of drug-likeness (QED) is 0.853. The zero-order valence-electron chi connectivity index (χ0n) is 15.8. The fraction of sp³-hybridized carbons (Fsp3) is 0.632. The molecule has 7 nitrogen and oxygen atoms in total. The van der Waals surface area contributed by atoms with Crippen molar-refractivity contribution in [3.8, 4) is 0 Å². The van der Waals surface area contributed by atoms with Crippen molar-refractivity contribution in [3.05, 3.63) is 29.2 Å². The summed E-state index contributed by atoms with van der Waals surface area (Å²) in [5.74, 6) is 2.03. The maximum Gasteiger partial charge on any atom is 0.227 e. The average molecular weight is 355 g/mol. The van der Waals surface area contributed by atoms with E-state index in [4.69, 9.17) is 9.97 Å². The monoisotopic (exact) mass is 355 g/mol. The van der Waals surface area contributed by atoms with Gasteiger partial charge in [0, 0.05) is 57.2 Å². The molecule has 140 valence electrons. The highest BCUT2D eigenvalue weighted by atomic mass is 15.3. The van der Waals surface area contributed by atoms with Crippen LogP contribution >= 0.6 is 0 Å². The van der Waals surface area contributed by atoms with Crippen molar-refractivity contribution in [2.45, 2.75) is 51.1 Å². The number of fused-ring (bicyclic) bond motifs is 1. The van der Waals surface area contributed by atoms with E-state index in [1.165, 1.54) is 29.9 Å². The van der Waals surface area contributed by atoms with Crippen LogP contribution in [-0.4, -0.2) is 53.4 Å². The lowest BCUT2D eigenvalue weighted by molar-refractivity contribution is 0.410. The van der Waals surface area contributed by atoms with E-state index in [9.17, 15) is 0 Å². The van der Waals surface area contributed by atoms with E-state index in [1.807, 2.05) is 25.1 Å². The minimum absolute atomic E-state index is 0.556. The summed E-state index contributed by atoms with van der Waals surface area (Å²) in [6.07, 6.45) is 8.81. The molecule has 2 aromatic rings. The van der Waals surface area contributed by atoms with Gasteiger partial charge in [-0.2, -0.15) is 10.1 Å². The van der Waals surface area contributed by atoms with Crippen LogP contribution in [0.5, 0.6) is 0 Å². The number of anilines is 2. The molecule has 1 aliphatic carbocycles. The summed E-state index contributed by atoms with van der Waals surface area (Å²) in [7, 11) is 4.06. The number of aromatic nitrogens is 4. The van der Waals surface area contributed by atoms with E-state index in [-0.39, 0.29) is 0 Å². The minimum atomic E-state index is 0.556. The first-order valence-electron chi connectivity index (χ1n) is 9.74. The molecule has 2 aliphatic rings. The number of aromatic amines is 1. The van der Waals surface area contributed by atoms with Gasteiger partial charge in [-0.3, -0.25) is 5.10 Å². The summed E-state index contributed by atoms with van der Waals surface area (Å²) in [6.45, 7) is 2.96. The SMILES string of the molecule is CN(C)c1nc2c(c(N3CCC(NCc4ccn[nH]4)CC3)n1)CCCC2. The van der Waals surface area contributed by atoms with E-state index >= 15 is 0 Å². The largest absolute Gasteiger partial charge is 0.356 e. The molecule has 0 radical (unpaired) electrons. The fourth-order valence-corrected chi connectivity index (χ4v) is 3.96. The van der Waals surface area contributed by atoms with Crippen LogP contribution in [-0.2, 0) is 19.4 Å². The fourth-order valence-electron chi connectivity index (χ4n) is 3.96. The molecule has 0 bridgehead atoms. The second kappa shape index (κ2) is 7.61. The molecule has 4 rings (SSSR count). The molecule has 26 heavy (non-hydrogen) atoms. The molecule has 0 unspecified atom stereocenters. The van der Waals surface area contributed by atoms with Gasteiger partial charge in [0.15, 0.2) is 0 Å². The van der Waals surface area contributed by atoms with Crippen molar-refractivity contribution in [3.63, 3.8) is 0 Å². The van der Waals surface area contributed by atoms with Crippen LogP contribution in [0.3, 0.4) is 0 Å². The predicted octanol–water partition coefficient (Wildman–Crippen LogP) is 1.90. The lowest BCUT2D eigenvalue weighted by atomic mass is 9.95. The first-order chi connectivity index (χ1) is 12.7. The molecule has 1 saturated heterocycles. The molecule has 0 amide bonds. The van der Waals surface area contributed by atoms with Gasteiger partial charge in [-0.1, -0.05) is 0 Å². The van der Waals surface area contributed by atoms with Gasteiger partial charge in [0.05, 0.1) is 5.69 Å². The number of rotatable bonds is 5. The third-order valence-electron chi connectivity index (χ3n) is 5.48. The lowest BCUT2D eigenvalue weighted by Gasteiger charge is -2.35. The predicted molar refractivity (Wildman–Crippen MR) is 104 cm³/mol. The maximum atomic E-state index is 4.93. The highest BCUT2D eigenvalue weighted by molar-refractivity contribution is 5.54. The average Bonchev–Trinajstić information content (AvgIpc) is 3.19. The Kier molecular flexibility index (Phi) is 5.06. The molecule has 2 N–H and O–H groups in total. The van der Waals surface area contributed by atoms with Crippen LogP contribution in [0.4, 0.5) is 11.8 Å². The molecule has 7 heteroatoms. The molecule has 0 atom stereocenters. The number of nitrogens with one attached hydrogen (secondary N) is 2. The van der Waals surface area contributed by atoms with Gasteiger partial charge in [-0.25, -0.2) is 4.98 Å². The maximum absolute atomic E-state index is 4.93. The minimum Gasteiger partial charge on any atom is -0.356 e. The van der Waals surface area contributed by atoms with E-state index < -0.39 is 0 Å². The first kappa shape index (κ1) is 17.3. The first-order valence-corrected chi connectivity index (χ1v) is 9.74. The zero-order chi connectivity index (χ0) is 17.9. The van der Waals surface area contributed by atoms with E-state index in [0.717, 1.165) is 57.0 Å². The molecule has 1 fully saturated rings. The summed E-state index contributed by atoms with van der Waals surface area (Å²) < 4.78 is 0. The van der Waals surface area contributed by atoms with Crippen molar-refractivity contribution >= 4 is 11.8 Å². The van der Waals surface area contributed by atoms with Crippen LogP contribution < -0.4 is 15.1 Å². The third kappa shape index (κ3) is 3.67. The third-order valence-corrected chi connectivity index (χ3v) is 5.48. The molecular formula is C19H29N7. The molecule has 2 aromatic heterocycles. The van der Waals surface area contributed by atoms with Gasteiger partial charge in [-0.15, -0.1) is 0 Å². The number of nitrogens with zero attached hydrogens (tertiary/aromatic N) is 5. The van der Waals surface area contributed by atoms with Gasteiger partial charge in [0.1, 0.15) is 5.82 Å². The zero-order valence-corrected chi connectivity index (χ0v) is 15.8. The second-order valence-electron chi connectivity index (χ2n) is 7.60. The summed E-state index contributed by atoms with van der Waals surface area (Å²) in [5.41, 5.74) is 3.81. The summed E-state index contributed by atoms with van der Waals surface area (Å²) in [6, 6.07) is 2.58. The number of piperidine rings is 1. The van der Waals surface area contributed by atoms with Crippen molar-refractivity contribution in [1.82, 2.24) is 25.5 Å². The van der Waals surface area contributed by atoms with Gasteiger partial charge < -0.3 is 15.1 Å². The summed E-state index contributed by atoms with van der Waals surface area (Å²) in [5, 5.41) is 10.7. The Hall–Kier alpha value is -2.15. The Labute approximate surface area is 155 Å². The second-order valence-corrected chi connectivity index (χ2v) is 7.60. The Bertz CT molecular complexity index is 718. The van der Waals surface area contributed by atoms with Gasteiger partial charge in [-0.05, 0) is 44.6 Å². The molecule has 0 saturated carbocycles. The molecule has 1 aliphatic heterocycles. The smallest absolute Gasteiger partial charge is 0.227 e. The van der Waals surface area contributed by atoms with Crippen LogP contribution in [0.25, 0.3) is 0 Å². The van der Waals surface area contributed by atoms with Gasteiger partial charge in [0.25, 0.3) is 0 Å². The Morgan fingerprint density at radius 3 is 2.73 bits per heavy atom. The number of H-pyrrole nitrogens is 1. The van der Waals surface area contributed by atoms with Crippen LogP contribution in [0.1, 0.15) is 42.6 Å². The van der Waals surface area contributed by atoms with Gasteiger partial charge in [0.2, 0.25) is 5.95 Å². The van der Waals surface area contributed by atoms with Crippen LogP contribution in [0.2, 0.25) is 0 Å². The van der Waals surface area contributed by atoms with E-state index in [2.05, 4.69) is 20.4 Å². The summed E-state index contributed by atoms with van der Waals surface area (Å²) in [4.78, 5) is 14.2. The Balaban J connectivity index is 1.44. The van der Waals surface area contributed by atoms with Crippen molar-refractivity contribution in [1.29, 1.82) is 0 Å². The number of aryl methyl sites for hydroxylation is 1. The standard InChI is InChI=1S/C19H29N7/c1-25(2)19-22-17-6-4-3-5-16(17)18(23-19)26-11-8-14(9-12-26)20-13-15-7-10-21-24-15/h7,10,14,20H,3-6,8-9,11-13H2,1-2H3,(H,21,24). The molecular weight excluding hydrogens is 326 g/mol. The van der Waals surface area contributed by atoms with Crippen molar-refractivity contribution in [2.24, 2.45) is 0 Å². The lowest BCUT2D eigenvalue weighted by Crippen LogP contribution is -2.43. The van der Waals surface area contributed by atoms with Crippen LogP contribution in [0, 0.1) is 0 Å². The Morgan fingerprint density at radius 1 is 1.19 bits per heavy atom. The van der Waals surface area contributed by atoms with Gasteiger partial charge >= 0.3 is 0 Å². The highest BCUT2D eigenvalue weighted by Crippen LogP contribution is 2.31. The number of hydrogen-bond acceptors (Lipinski definition) is 6. The molecule has 0 aromatic carbocycles. The highest BCUT2D eigenvalue weighted by Gasteiger charge is 2.26. The molecule has 3 heterocycles. The molecule has 0 spiro atoms. The van der Waals surface area contributed by atoms with Crippen molar-refractivity contribution in [2.75, 3.05) is 37.0 Å². The van der Waals surface area contributed by atoms with Crippen LogP contribution in [0.15, 0.2) is 12.3 Å². The van der Waals surface area contributed by atoms with E-state index in [1.54, 1.807) is 6.20 Å². The van der Waals surface area contributed by atoms with E-state index in [0.29, 0.717) is 6.04 Å². The summed E-state index contributed by atoms with van der Waals surface area (Å²) >= 11 is 0.